The van der Waals surface area contributed by atoms with Gasteiger partial charge in [0, 0.05) is 29.9 Å². The molecule has 1 aromatic carbocycles. The first-order valence-corrected chi connectivity index (χ1v) is 7.82. The van der Waals surface area contributed by atoms with E-state index in [4.69, 9.17) is 0 Å². The Balaban J connectivity index is 1.91. The Kier molecular flexibility index (Phi) is 4.49. The highest BCUT2D eigenvalue weighted by atomic mass is 32.2. The van der Waals surface area contributed by atoms with E-state index in [2.05, 4.69) is 20.9 Å². The van der Waals surface area contributed by atoms with Crippen LogP contribution in [0.15, 0.2) is 24.3 Å². The fourth-order valence-corrected chi connectivity index (χ4v) is 2.51. The molecule has 1 N–H and O–H groups in total. The molecule has 1 heterocycles. The molecule has 0 aliphatic heterocycles. The highest BCUT2D eigenvalue weighted by molar-refractivity contribution is 7.84. The Morgan fingerprint density at radius 2 is 2.17 bits per heavy atom. The van der Waals surface area contributed by atoms with Crippen molar-refractivity contribution in [1.82, 2.24) is 14.9 Å². The van der Waals surface area contributed by atoms with Gasteiger partial charge in [0.25, 0.3) is 0 Å². The summed E-state index contributed by atoms with van der Waals surface area (Å²) in [5.74, 6) is 1.80. The Labute approximate surface area is 110 Å². The smallest absolute Gasteiger partial charge is 0.123 e. The Hall–Kier alpha value is -1.20. The lowest BCUT2D eigenvalue weighted by Gasteiger charge is -2.04. The third-order valence-electron chi connectivity index (χ3n) is 2.95. The molecular formula is C13H19N3OS. The second-order valence-corrected chi connectivity index (χ2v) is 5.94. The number of aryl methyl sites for hydroxylation is 1. The summed E-state index contributed by atoms with van der Waals surface area (Å²) in [5.41, 5.74) is 2.19. The average molecular weight is 265 g/mol. The maximum Gasteiger partial charge on any atom is 0.123 e. The van der Waals surface area contributed by atoms with Crippen molar-refractivity contribution >= 4 is 21.8 Å². The van der Waals surface area contributed by atoms with Gasteiger partial charge in [0.15, 0.2) is 0 Å². The molecular weight excluding hydrogens is 246 g/mol. The van der Waals surface area contributed by atoms with E-state index < -0.39 is 10.8 Å². The van der Waals surface area contributed by atoms with Crippen molar-refractivity contribution in [3.8, 4) is 0 Å². The standard InChI is InChI=1S/C13H19N3OS/c1-16-12-7-4-3-6-11(12)15-13(16)10-14-8-5-9-18(2)17/h3-4,6-7,14H,5,8-10H2,1-2H3. The van der Waals surface area contributed by atoms with Crippen LogP contribution >= 0.6 is 0 Å². The van der Waals surface area contributed by atoms with Gasteiger partial charge in [-0.3, -0.25) is 4.21 Å². The summed E-state index contributed by atoms with van der Waals surface area (Å²) in [4.78, 5) is 4.59. The molecule has 0 bridgehead atoms. The zero-order valence-corrected chi connectivity index (χ0v) is 11.7. The van der Waals surface area contributed by atoms with Crippen molar-refractivity contribution in [2.75, 3.05) is 18.6 Å². The zero-order chi connectivity index (χ0) is 13.0. The van der Waals surface area contributed by atoms with Crippen molar-refractivity contribution in [1.29, 1.82) is 0 Å². The van der Waals surface area contributed by atoms with Crippen LogP contribution in [0.3, 0.4) is 0 Å². The molecule has 0 saturated carbocycles. The molecule has 0 spiro atoms. The summed E-state index contributed by atoms with van der Waals surface area (Å²) in [6.07, 6.45) is 2.68. The van der Waals surface area contributed by atoms with E-state index in [0.717, 1.165) is 42.1 Å². The summed E-state index contributed by atoms with van der Waals surface area (Å²) in [6, 6.07) is 8.13. The Morgan fingerprint density at radius 3 is 2.89 bits per heavy atom. The van der Waals surface area contributed by atoms with E-state index in [1.54, 1.807) is 6.26 Å². The van der Waals surface area contributed by atoms with Gasteiger partial charge in [0.2, 0.25) is 0 Å². The summed E-state index contributed by atoms with van der Waals surface area (Å²) < 4.78 is 13.0. The van der Waals surface area contributed by atoms with Gasteiger partial charge in [0.1, 0.15) is 5.82 Å². The molecule has 1 unspecified atom stereocenters. The van der Waals surface area contributed by atoms with Crippen LogP contribution in [0.25, 0.3) is 11.0 Å². The predicted octanol–water partition coefficient (Wildman–Crippen LogP) is 1.43. The van der Waals surface area contributed by atoms with E-state index in [9.17, 15) is 4.21 Å². The molecule has 0 aliphatic rings. The van der Waals surface area contributed by atoms with Crippen molar-refractivity contribution in [3.05, 3.63) is 30.1 Å². The zero-order valence-electron chi connectivity index (χ0n) is 10.8. The number of para-hydroxylation sites is 2. The van der Waals surface area contributed by atoms with Gasteiger partial charge in [-0.15, -0.1) is 0 Å². The minimum Gasteiger partial charge on any atom is -0.330 e. The molecule has 1 atom stereocenters. The molecule has 0 fully saturated rings. The monoisotopic (exact) mass is 265 g/mol. The Bertz CT molecular complexity index is 550. The molecule has 0 amide bonds. The summed E-state index contributed by atoms with van der Waals surface area (Å²) in [6.45, 7) is 1.63. The Morgan fingerprint density at radius 1 is 1.39 bits per heavy atom. The first-order chi connectivity index (χ1) is 8.68. The summed E-state index contributed by atoms with van der Waals surface area (Å²) >= 11 is 0. The van der Waals surface area contributed by atoms with E-state index >= 15 is 0 Å². The number of nitrogens with one attached hydrogen (secondary N) is 1. The SMILES string of the molecule is Cn1c(CNCCCS(C)=O)nc2ccccc21. The van der Waals surface area contributed by atoms with Crippen molar-refractivity contribution in [2.24, 2.45) is 7.05 Å². The number of hydrogen-bond donors (Lipinski definition) is 1. The second-order valence-electron chi connectivity index (χ2n) is 4.38. The number of hydrogen-bond acceptors (Lipinski definition) is 3. The first kappa shape index (κ1) is 13.2. The third kappa shape index (κ3) is 3.17. The normalized spacial score (nSPS) is 13.0. The van der Waals surface area contributed by atoms with Crippen LogP contribution in [0.4, 0.5) is 0 Å². The van der Waals surface area contributed by atoms with Gasteiger partial charge in [-0.1, -0.05) is 12.1 Å². The van der Waals surface area contributed by atoms with Gasteiger partial charge in [0.05, 0.1) is 17.6 Å². The highest BCUT2D eigenvalue weighted by Crippen LogP contribution is 2.13. The molecule has 5 heteroatoms. The lowest BCUT2D eigenvalue weighted by atomic mass is 10.3. The van der Waals surface area contributed by atoms with Crippen LogP contribution in [0.1, 0.15) is 12.2 Å². The highest BCUT2D eigenvalue weighted by Gasteiger charge is 2.05. The first-order valence-electron chi connectivity index (χ1n) is 6.09. The number of benzene rings is 1. The lowest BCUT2D eigenvalue weighted by molar-refractivity contribution is 0.631. The van der Waals surface area contributed by atoms with E-state index in [1.165, 1.54) is 0 Å². The van der Waals surface area contributed by atoms with Gasteiger partial charge in [-0.05, 0) is 25.1 Å². The fourth-order valence-electron chi connectivity index (χ4n) is 1.95. The van der Waals surface area contributed by atoms with Crippen LogP contribution in [-0.4, -0.2) is 32.3 Å². The second kappa shape index (κ2) is 6.11. The molecule has 18 heavy (non-hydrogen) atoms. The van der Waals surface area contributed by atoms with Crippen molar-refractivity contribution < 1.29 is 4.21 Å². The molecule has 0 saturated heterocycles. The van der Waals surface area contributed by atoms with Crippen LogP contribution in [0.5, 0.6) is 0 Å². The largest absolute Gasteiger partial charge is 0.330 e. The number of nitrogens with zero attached hydrogens (tertiary/aromatic N) is 2. The maximum absolute atomic E-state index is 10.9. The van der Waals surface area contributed by atoms with Crippen LogP contribution in [0, 0.1) is 0 Å². The van der Waals surface area contributed by atoms with Gasteiger partial charge in [-0.2, -0.15) is 0 Å². The number of imidazole rings is 1. The van der Waals surface area contributed by atoms with Gasteiger partial charge >= 0.3 is 0 Å². The molecule has 4 nitrogen and oxygen atoms in total. The minimum atomic E-state index is -0.691. The molecule has 0 aliphatic carbocycles. The van der Waals surface area contributed by atoms with Gasteiger partial charge in [-0.25, -0.2) is 4.98 Å². The van der Waals surface area contributed by atoms with Crippen molar-refractivity contribution in [3.63, 3.8) is 0 Å². The third-order valence-corrected chi connectivity index (χ3v) is 3.81. The fraction of sp³-hybridized carbons (Fsp3) is 0.462. The molecule has 0 radical (unpaired) electrons. The quantitative estimate of drug-likeness (QED) is 0.804. The van der Waals surface area contributed by atoms with E-state index in [-0.39, 0.29) is 0 Å². The van der Waals surface area contributed by atoms with E-state index in [0.29, 0.717) is 0 Å². The van der Waals surface area contributed by atoms with Crippen LogP contribution in [0.2, 0.25) is 0 Å². The average Bonchev–Trinajstić information content (AvgIpc) is 2.66. The molecule has 2 aromatic rings. The molecule has 1 aromatic heterocycles. The molecule has 2 rings (SSSR count). The van der Waals surface area contributed by atoms with Gasteiger partial charge < -0.3 is 9.88 Å². The molecule has 98 valence electrons. The number of aromatic nitrogens is 2. The topological polar surface area (TPSA) is 46.9 Å². The number of rotatable bonds is 6. The summed E-state index contributed by atoms with van der Waals surface area (Å²) in [7, 11) is 1.34. The number of fused-ring (bicyclic) bond motifs is 1. The lowest BCUT2D eigenvalue weighted by Crippen LogP contribution is -2.18. The van der Waals surface area contributed by atoms with E-state index in [1.807, 2.05) is 25.2 Å². The minimum absolute atomic E-state index is 0.691. The van der Waals surface area contributed by atoms with Crippen molar-refractivity contribution in [2.45, 2.75) is 13.0 Å². The van der Waals surface area contributed by atoms with Crippen LogP contribution in [-0.2, 0) is 24.4 Å². The summed E-state index contributed by atoms with van der Waals surface area (Å²) in [5, 5.41) is 3.34. The predicted molar refractivity (Wildman–Crippen MR) is 76.0 cm³/mol. The maximum atomic E-state index is 10.9. The van der Waals surface area contributed by atoms with Crippen LogP contribution < -0.4 is 5.32 Å².